The molecular formula is C28H30ClN3O3. The molecule has 0 saturated carbocycles. The molecule has 6 nitrogen and oxygen atoms in total. The number of amides is 1. The van der Waals surface area contributed by atoms with Crippen LogP contribution in [0.25, 0.3) is 11.0 Å². The Kier molecular flexibility index (Phi) is 8.63. The van der Waals surface area contributed by atoms with Gasteiger partial charge in [0.2, 0.25) is 5.91 Å². The van der Waals surface area contributed by atoms with Gasteiger partial charge in [0, 0.05) is 19.5 Å². The van der Waals surface area contributed by atoms with Crippen molar-refractivity contribution in [3.63, 3.8) is 0 Å². The van der Waals surface area contributed by atoms with E-state index >= 15 is 0 Å². The van der Waals surface area contributed by atoms with Crippen molar-refractivity contribution in [1.82, 2.24) is 14.9 Å². The molecule has 4 aromatic rings. The van der Waals surface area contributed by atoms with Gasteiger partial charge in [0.1, 0.15) is 17.3 Å². The van der Waals surface area contributed by atoms with E-state index in [-0.39, 0.29) is 5.91 Å². The largest absolute Gasteiger partial charge is 0.497 e. The van der Waals surface area contributed by atoms with Crippen LogP contribution in [0.15, 0.2) is 72.8 Å². The molecule has 0 fully saturated rings. The van der Waals surface area contributed by atoms with Gasteiger partial charge in [0.15, 0.2) is 0 Å². The second-order valence-electron chi connectivity index (χ2n) is 8.28. The minimum atomic E-state index is 0.0143. The van der Waals surface area contributed by atoms with Crippen molar-refractivity contribution in [3.8, 4) is 11.5 Å². The van der Waals surface area contributed by atoms with Crippen LogP contribution < -0.4 is 14.8 Å². The third-order valence-electron chi connectivity index (χ3n) is 5.78. The smallest absolute Gasteiger partial charge is 0.224 e. The first kappa shape index (κ1) is 24.6. The first-order valence-electron chi connectivity index (χ1n) is 11.8. The van der Waals surface area contributed by atoms with Crippen LogP contribution in [0.1, 0.15) is 24.2 Å². The number of nitrogens with one attached hydrogen (secondary N) is 1. The minimum absolute atomic E-state index is 0.0143. The van der Waals surface area contributed by atoms with Crippen molar-refractivity contribution in [2.75, 3.05) is 20.3 Å². The molecule has 0 saturated heterocycles. The number of rotatable bonds is 12. The lowest BCUT2D eigenvalue weighted by Gasteiger charge is -2.11. The number of fused-ring (bicyclic) bond motifs is 1. The number of benzene rings is 3. The molecule has 1 heterocycles. The monoisotopic (exact) mass is 491 g/mol. The summed E-state index contributed by atoms with van der Waals surface area (Å²) >= 11 is 6.18. The quantitative estimate of drug-likeness (QED) is 0.267. The van der Waals surface area contributed by atoms with E-state index in [0.717, 1.165) is 54.0 Å². The van der Waals surface area contributed by atoms with E-state index in [1.807, 2.05) is 66.7 Å². The van der Waals surface area contributed by atoms with Crippen LogP contribution in [0.2, 0.25) is 5.02 Å². The number of aryl methyl sites for hydroxylation is 2. The van der Waals surface area contributed by atoms with Gasteiger partial charge in [0.05, 0.1) is 36.2 Å². The van der Waals surface area contributed by atoms with Gasteiger partial charge in [0.25, 0.3) is 0 Å². The van der Waals surface area contributed by atoms with Gasteiger partial charge in [-0.25, -0.2) is 4.98 Å². The van der Waals surface area contributed by atoms with Crippen molar-refractivity contribution in [2.24, 2.45) is 0 Å². The zero-order chi connectivity index (χ0) is 24.5. The van der Waals surface area contributed by atoms with E-state index in [2.05, 4.69) is 16.0 Å². The maximum atomic E-state index is 12.3. The Bertz CT molecular complexity index is 1250. The SMILES string of the molecule is COc1ccc(CC(=O)NCCCc2nc3ccccc3n2CCCOc2ccccc2Cl)cc1. The normalized spacial score (nSPS) is 10.9. The van der Waals surface area contributed by atoms with Crippen LogP contribution in [0.5, 0.6) is 11.5 Å². The number of methoxy groups -OCH3 is 1. The predicted molar refractivity (Wildman–Crippen MR) is 139 cm³/mol. The summed E-state index contributed by atoms with van der Waals surface area (Å²) in [5.74, 6) is 2.52. The Morgan fingerprint density at radius 3 is 2.57 bits per heavy atom. The zero-order valence-electron chi connectivity index (χ0n) is 19.9. The average Bonchev–Trinajstić information content (AvgIpc) is 3.23. The standard InChI is InChI=1S/C28H30ClN3O3/c1-34-22-15-13-21(14-16-22)20-28(33)30-17-6-12-27-31-24-9-3-4-10-25(24)32(27)18-7-19-35-26-11-5-2-8-23(26)29/h2-5,8-11,13-16H,6-7,12,17-20H2,1H3,(H,30,33). The van der Waals surface area contributed by atoms with Gasteiger partial charge in [-0.3, -0.25) is 4.79 Å². The number of carbonyl (C=O) groups excluding carboxylic acids is 1. The molecule has 0 atom stereocenters. The lowest BCUT2D eigenvalue weighted by molar-refractivity contribution is -0.120. The Morgan fingerprint density at radius 2 is 1.77 bits per heavy atom. The van der Waals surface area contributed by atoms with Crippen LogP contribution in [0, 0.1) is 0 Å². The minimum Gasteiger partial charge on any atom is -0.497 e. The number of hydrogen-bond donors (Lipinski definition) is 1. The summed E-state index contributed by atoms with van der Waals surface area (Å²) in [6.45, 7) is 1.97. The summed E-state index contributed by atoms with van der Waals surface area (Å²) in [4.78, 5) is 17.2. The van der Waals surface area contributed by atoms with Crippen molar-refractivity contribution in [1.29, 1.82) is 0 Å². The fourth-order valence-corrected chi connectivity index (χ4v) is 4.19. The van der Waals surface area contributed by atoms with Gasteiger partial charge >= 0.3 is 0 Å². The number of hydrogen-bond acceptors (Lipinski definition) is 4. The second-order valence-corrected chi connectivity index (χ2v) is 8.69. The number of nitrogens with zero attached hydrogens (tertiary/aromatic N) is 2. The lowest BCUT2D eigenvalue weighted by Crippen LogP contribution is -2.26. The van der Waals surface area contributed by atoms with Gasteiger partial charge in [-0.1, -0.05) is 48.0 Å². The van der Waals surface area contributed by atoms with Gasteiger partial charge < -0.3 is 19.4 Å². The van der Waals surface area contributed by atoms with Crippen molar-refractivity contribution >= 4 is 28.5 Å². The van der Waals surface area contributed by atoms with Crippen LogP contribution in [0.4, 0.5) is 0 Å². The van der Waals surface area contributed by atoms with E-state index in [1.165, 1.54) is 0 Å². The molecule has 0 aliphatic heterocycles. The van der Waals surface area contributed by atoms with Crippen LogP contribution in [0.3, 0.4) is 0 Å². The molecule has 7 heteroatoms. The summed E-state index contributed by atoms with van der Waals surface area (Å²) < 4.78 is 13.3. The highest BCUT2D eigenvalue weighted by Crippen LogP contribution is 2.23. The molecule has 1 amide bonds. The number of para-hydroxylation sites is 3. The van der Waals surface area contributed by atoms with E-state index in [9.17, 15) is 4.79 Å². The Labute approximate surface area is 210 Å². The molecular weight excluding hydrogens is 462 g/mol. The molecule has 0 aliphatic carbocycles. The topological polar surface area (TPSA) is 65.4 Å². The van der Waals surface area contributed by atoms with E-state index < -0.39 is 0 Å². The molecule has 0 unspecified atom stereocenters. The molecule has 1 N–H and O–H groups in total. The summed E-state index contributed by atoms with van der Waals surface area (Å²) in [6.07, 6.45) is 2.78. The summed E-state index contributed by atoms with van der Waals surface area (Å²) in [5.41, 5.74) is 3.06. The molecule has 3 aromatic carbocycles. The Balaban J connectivity index is 1.28. The first-order valence-corrected chi connectivity index (χ1v) is 12.2. The third-order valence-corrected chi connectivity index (χ3v) is 6.09. The van der Waals surface area contributed by atoms with Gasteiger partial charge in [-0.2, -0.15) is 0 Å². The van der Waals surface area contributed by atoms with E-state index in [1.54, 1.807) is 7.11 Å². The maximum absolute atomic E-state index is 12.3. The second kappa shape index (κ2) is 12.3. The summed E-state index contributed by atoms with van der Waals surface area (Å²) in [5, 5.41) is 3.64. The van der Waals surface area contributed by atoms with Gasteiger partial charge in [-0.15, -0.1) is 0 Å². The fraction of sp³-hybridized carbons (Fsp3) is 0.286. The number of aromatic nitrogens is 2. The van der Waals surface area contributed by atoms with E-state index in [4.69, 9.17) is 26.1 Å². The van der Waals surface area contributed by atoms with Crippen LogP contribution >= 0.6 is 11.6 Å². The molecule has 35 heavy (non-hydrogen) atoms. The highest BCUT2D eigenvalue weighted by molar-refractivity contribution is 6.32. The third kappa shape index (κ3) is 6.76. The lowest BCUT2D eigenvalue weighted by atomic mass is 10.1. The number of imidazole rings is 1. The maximum Gasteiger partial charge on any atom is 0.224 e. The molecule has 0 radical (unpaired) electrons. The first-order chi connectivity index (χ1) is 17.1. The summed E-state index contributed by atoms with van der Waals surface area (Å²) in [7, 11) is 1.63. The van der Waals surface area contributed by atoms with Crippen LogP contribution in [-0.4, -0.2) is 35.7 Å². The van der Waals surface area contributed by atoms with Crippen molar-refractivity contribution in [3.05, 3.63) is 89.2 Å². The Hall–Kier alpha value is -3.51. The number of halogens is 1. The molecule has 0 spiro atoms. The highest BCUT2D eigenvalue weighted by atomic mass is 35.5. The van der Waals surface area contributed by atoms with Gasteiger partial charge in [-0.05, 0) is 54.8 Å². The number of carbonyl (C=O) groups is 1. The molecule has 0 aliphatic rings. The zero-order valence-corrected chi connectivity index (χ0v) is 20.6. The predicted octanol–water partition coefficient (Wildman–Crippen LogP) is 5.46. The number of ether oxygens (including phenoxy) is 2. The fourth-order valence-electron chi connectivity index (χ4n) is 4.00. The van der Waals surface area contributed by atoms with Crippen molar-refractivity contribution in [2.45, 2.75) is 32.2 Å². The Morgan fingerprint density at radius 1 is 1.00 bits per heavy atom. The molecule has 0 bridgehead atoms. The van der Waals surface area contributed by atoms with E-state index in [0.29, 0.717) is 30.3 Å². The van der Waals surface area contributed by atoms with Crippen molar-refractivity contribution < 1.29 is 14.3 Å². The average molecular weight is 492 g/mol. The highest BCUT2D eigenvalue weighted by Gasteiger charge is 2.11. The molecule has 182 valence electrons. The summed E-state index contributed by atoms with van der Waals surface area (Å²) in [6, 6.07) is 23.2. The molecule has 4 rings (SSSR count). The van der Waals surface area contributed by atoms with Crippen LogP contribution in [-0.2, 0) is 24.2 Å². The molecule has 1 aromatic heterocycles.